The summed E-state index contributed by atoms with van der Waals surface area (Å²) in [7, 11) is 0. The number of anilines is 1. The summed E-state index contributed by atoms with van der Waals surface area (Å²) in [6.45, 7) is 4.28. The molecule has 0 unspecified atom stereocenters. The number of para-hydroxylation sites is 1. The molecule has 5 heteroatoms. The van der Waals surface area contributed by atoms with Crippen molar-refractivity contribution in [1.82, 2.24) is 4.90 Å². The number of nitrogens with zero attached hydrogens (tertiary/aromatic N) is 1. The highest BCUT2D eigenvalue weighted by Gasteiger charge is 2.24. The first-order chi connectivity index (χ1) is 14.7. The number of benzene rings is 3. The molecule has 30 heavy (non-hydrogen) atoms. The first kappa shape index (κ1) is 19.9. The molecule has 0 atom stereocenters. The van der Waals surface area contributed by atoms with E-state index in [0.717, 1.165) is 44.0 Å². The summed E-state index contributed by atoms with van der Waals surface area (Å²) in [6, 6.07) is 26.7. The largest absolute Gasteiger partial charge is 0.328 e. The third-order valence-corrected chi connectivity index (χ3v) is 5.48. The Balaban J connectivity index is 1.28. The van der Waals surface area contributed by atoms with E-state index in [1.807, 2.05) is 89.8 Å². The van der Waals surface area contributed by atoms with Crippen LogP contribution in [0.2, 0.25) is 0 Å². The lowest BCUT2D eigenvalue weighted by Gasteiger charge is -2.32. The topological polar surface area (TPSA) is 53.9 Å². The molecule has 1 fully saturated rings. The van der Waals surface area contributed by atoms with E-state index in [0.29, 0.717) is 5.56 Å². The Morgan fingerprint density at radius 2 is 1.37 bits per heavy atom. The van der Waals surface area contributed by atoms with Gasteiger partial charge in [0.25, 0.3) is 11.8 Å². The van der Waals surface area contributed by atoms with Crippen LogP contribution in [-0.4, -0.2) is 42.9 Å². The molecular weight excluding hydrogens is 374 g/mol. The van der Waals surface area contributed by atoms with E-state index < -0.39 is 0 Å². The van der Waals surface area contributed by atoms with Crippen LogP contribution in [0.1, 0.15) is 26.3 Å². The molecule has 0 saturated carbocycles. The highest BCUT2D eigenvalue weighted by molar-refractivity contribution is 6.04. The van der Waals surface area contributed by atoms with Gasteiger partial charge in [-0.3, -0.25) is 9.59 Å². The van der Waals surface area contributed by atoms with Gasteiger partial charge in [-0.05, 0) is 36.4 Å². The Hall–Kier alpha value is -3.44. The van der Waals surface area contributed by atoms with Crippen molar-refractivity contribution < 1.29 is 14.5 Å². The van der Waals surface area contributed by atoms with Crippen molar-refractivity contribution in [1.29, 1.82) is 0 Å². The molecule has 1 aliphatic heterocycles. The van der Waals surface area contributed by atoms with Crippen molar-refractivity contribution in [3.63, 3.8) is 0 Å². The molecular formula is C25H26N3O2+. The summed E-state index contributed by atoms with van der Waals surface area (Å²) in [5.74, 6) is 0.0107. The van der Waals surface area contributed by atoms with Crippen molar-refractivity contribution >= 4 is 17.5 Å². The average molecular weight is 401 g/mol. The Morgan fingerprint density at radius 3 is 2.00 bits per heavy atom. The number of hydrogen-bond acceptors (Lipinski definition) is 2. The van der Waals surface area contributed by atoms with Crippen molar-refractivity contribution in [2.75, 3.05) is 31.5 Å². The second-order valence-electron chi connectivity index (χ2n) is 7.60. The number of amides is 2. The zero-order valence-electron chi connectivity index (χ0n) is 16.9. The van der Waals surface area contributed by atoms with Crippen LogP contribution < -0.4 is 10.2 Å². The molecule has 3 aromatic rings. The van der Waals surface area contributed by atoms with Gasteiger partial charge in [0.2, 0.25) is 0 Å². The molecule has 0 aliphatic carbocycles. The predicted octanol–water partition coefficient (Wildman–Crippen LogP) is 2.48. The van der Waals surface area contributed by atoms with Gasteiger partial charge in [0.15, 0.2) is 0 Å². The Morgan fingerprint density at radius 1 is 0.767 bits per heavy atom. The Kier molecular flexibility index (Phi) is 6.20. The fourth-order valence-electron chi connectivity index (χ4n) is 3.75. The molecule has 1 saturated heterocycles. The normalized spacial score (nSPS) is 14.3. The van der Waals surface area contributed by atoms with Gasteiger partial charge < -0.3 is 15.1 Å². The highest BCUT2D eigenvalue weighted by atomic mass is 16.2. The first-order valence-electron chi connectivity index (χ1n) is 10.3. The van der Waals surface area contributed by atoms with E-state index in [2.05, 4.69) is 5.32 Å². The summed E-state index contributed by atoms with van der Waals surface area (Å²) in [4.78, 5) is 28.3. The van der Waals surface area contributed by atoms with Gasteiger partial charge >= 0.3 is 0 Å². The molecule has 2 N–H and O–H groups in total. The fraction of sp³-hybridized carbons (Fsp3) is 0.200. The molecule has 1 aliphatic rings. The first-order valence-corrected chi connectivity index (χ1v) is 10.3. The summed E-state index contributed by atoms with van der Waals surface area (Å²) >= 11 is 0. The van der Waals surface area contributed by atoms with Crippen LogP contribution in [0.3, 0.4) is 0 Å². The van der Waals surface area contributed by atoms with Crippen molar-refractivity contribution in [3.8, 4) is 0 Å². The van der Waals surface area contributed by atoms with Gasteiger partial charge in [-0.15, -0.1) is 0 Å². The van der Waals surface area contributed by atoms with Crippen LogP contribution >= 0.6 is 0 Å². The van der Waals surface area contributed by atoms with Gasteiger partial charge in [-0.25, -0.2) is 0 Å². The van der Waals surface area contributed by atoms with E-state index in [9.17, 15) is 9.59 Å². The molecule has 2 amide bonds. The minimum absolute atomic E-state index is 0.104. The standard InChI is InChI=1S/C25H25N3O2/c29-24(26-23-9-5-2-6-10-23)21-13-11-20(12-14-21)19-27-15-17-28(18-16-27)25(30)22-7-3-1-4-8-22/h1-14H,15-19H2,(H,26,29)/p+1. The molecule has 5 nitrogen and oxygen atoms in total. The zero-order chi connectivity index (χ0) is 20.8. The summed E-state index contributed by atoms with van der Waals surface area (Å²) < 4.78 is 0. The van der Waals surface area contributed by atoms with E-state index >= 15 is 0 Å². The van der Waals surface area contributed by atoms with Gasteiger partial charge in [-0.1, -0.05) is 48.5 Å². The summed E-state index contributed by atoms with van der Waals surface area (Å²) in [5.41, 5.74) is 3.39. The zero-order valence-corrected chi connectivity index (χ0v) is 16.9. The molecule has 3 aromatic carbocycles. The number of hydrogen-bond donors (Lipinski definition) is 2. The monoisotopic (exact) mass is 400 g/mol. The lowest BCUT2D eigenvalue weighted by Crippen LogP contribution is -3.13. The maximum atomic E-state index is 12.6. The highest BCUT2D eigenvalue weighted by Crippen LogP contribution is 2.10. The van der Waals surface area contributed by atoms with E-state index in [4.69, 9.17) is 0 Å². The van der Waals surface area contributed by atoms with Gasteiger partial charge in [0.05, 0.1) is 26.2 Å². The van der Waals surface area contributed by atoms with E-state index in [-0.39, 0.29) is 11.8 Å². The van der Waals surface area contributed by atoms with Crippen molar-refractivity contribution in [2.45, 2.75) is 6.54 Å². The van der Waals surface area contributed by atoms with Crippen LogP contribution in [0.15, 0.2) is 84.9 Å². The number of piperazine rings is 1. The van der Waals surface area contributed by atoms with Crippen molar-refractivity contribution in [2.24, 2.45) is 0 Å². The number of quaternary nitrogens is 1. The Labute approximate surface area is 176 Å². The number of nitrogens with one attached hydrogen (secondary N) is 2. The van der Waals surface area contributed by atoms with Gasteiger partial charge in [0, 0.05) is 22.4 Å². The molecule has 152 valence electrons. The lowest BCUT2D eigenvalue weighted by atomic mass is 10.1. The van der Waals surface area contributed by atoms with Crippen LogP contribution in [0.25, 0.3) is 0 Å². The van der Waals surface area contributed by atoms with Crippen molar-refractivity contribution in [3.05, 3.63) is 102 Å². The Bertz CT molecular complexity index is 980. The second-order valence-corrected chi connectivity index (χ2v) is 7.60. The van der Waals surface area contributed by atoms with Crippen LogP contribution in [-0.2, 0) is 6.54 Å². The summed E-state index contributed by atoms with van der Waals surface area (Å²) in [6.07, 6.45) is 0. The average Bonchev–Trinajstić information content (AvgIpc) is 2.81. The molecule has 0 spiro atoms. The van der Waals surface area contributed by atoms with Gasteiger partial charge in [0.1, 0.15) is 6.54 Å². The lowest BCUT2D eigenvalue weighted by molar-refractivity contribution is -0.917. The molecule has 0 bridgehead atoms. The number of carbonyl (C=O) groups excluding carboxylic acids is 2. The molecule has 1 heterocycles. The van der Waals surface area contributed by atoms with Crippen LogP contribution in [0, 0.1) is 0 Å². The van der Waals surface area contributed by atoms with Crippen LogP contribution in [0.4, 0.5) is 5.69 Å². The predicted molar refractivity (Wildman–Crippen MR) is 118 cm³/mol. The third kappa shape index (κ3) is 4.93. The second kappa shape index (κ2) is 9.37. The maximum Gasteiger partial charge on any atom is 0.255 e. The number of rotatable bonds is 5. The quantitative estimate of drug-likeness (QED) is 0.691. The van der Waals surface area contributed by atoms with E-state index in [1.165, 1.54) is 10.5 Å². The summed E-state index contributed by atoms with van der Waals surface area (Å²) in [5, 5.41) is 2.91. The molecule has 0 radical (unpaired) electrons. The molecule has 0 aromatic heterocycles. The molecule has 4 rings (SSSR count). The number of carbonyl (C=O) groups is 2. The fourth-order valence-corrected chi connectivity index (χ4v) is 3.75. The van der Waals surface area contributed by atoms with E-state index in [1.54, 1.807) is 0 Å². The third-order valence-electron chi connectivity index (χ3n) is 5.48. The smallest absolute Gasteiger partial charge is 0.255 e. The van der Waals surface area contributed by atoms with Crippen LogP contribution in [0.5, 0.6) is 0 Å². The minimum Gasteiger partial charge on any atom is -0.328 e. The maximum absolute atomic E-state index is 12.6. The SMILES string of the molecule is O=C(Nc1ccccc1)c1ccc(C[NH+]2CCN(C(=O)c3ccccc3)CC2)cc1. The minimum atomic E-state index is -0.104. The van der Waals surface area contributed by atoms with Gasteiger partial charge in [-0.2, -0.15) is 0 Å².